The van der Waals surface area contributed by atoms with E-state index in [9.17, 15) is 4.79 Å². The lowest BCUT2D eigenvalue weighted by atomic mass is 10.2. The van der Waals surface area contributed by atoms with Crippen LogP contribution in [0.4, 0.5) is 0 Å². The number of hydrogen-bond donors (Lipinski definition) is 1. The molecule has 0 aliphatic rings. The molecule has 0 aliphatic heterocycles. The normalized spacial score (nSPS) is 12.1. The standard InChI is InChI=1S/C13H10ClN5O2S/c1-7(15-12(20)10-6-22-19-17-10)11-16-13(21-18-11)8-2-4-9(14)5-3-8/h2-7H,1H3,(H,15,20). The van der Waals surface area contributed by atoms with E-state index < -0.39 is 6.04 Å². The molecule has 2 heterocycles. The average Bonchev–Trinajstić information content (AvgIpc) is 3.20. The summed E-state index contributed by atoms with van der Waals surface area (Å²) in [5, 5.41) is 12.5. The Balaban J connectivity index is 1.73. The van der Waals surface area contributed by atoms with Crippen LogP contribution < -0.4 is 5.32 Å². The largest absolute Gasteiger partial charge is 0.341 e. The van der Waals surface area contributed by atoms with E-state index in [-0.39, 0.29) is 11.6 Å². The first-order chi connectivity index (χ1) is 10.6. The van der Waals surface area contributed by atoms with Crippen LogP contribution in [-0.2, 0) is 0 Å². The van der Waals surface area contributed by atoms with E-state index in [4.69, 9.17) is 16.1 Å². The zero-order valence-corrected chi connectivity index (χ0v) is 12.9. The molecule has 112 valence electrons. The highest BCUT2D eigenvalue weighted by molar-refractivity contribution is 7.03. The molecule has 9 heteroatoms. The molecule has 0 radical (unpaired) electrons. The number of benzene rings is 1. The van der Waals surface area contributed by atoms with E-state index in [1.807, 2.05) is 0 Å². The van der Waals surface area contributed by atoms with Gasteiger partial charge >= 0.3 is 0 Å². The maximum atomic E-state index is 11.9. The number of nitrogens with one attached hydrogen (secondary N) is 1. The van der Waals surface area contributed by atoms with Crippen molar-refractivity contribution in [1.29, 1.82) is 0 Å². The predicted molar refractivity (Wildman–Crippen MR) is 80.5 cm³/mol. The summed E-state index contributed by atoms with van der Waals surface area (Å²) in [7, 11) is 0. The quantitative estimate of drug-likeness (QED) is 0.787. The second-order valence-corrected chi connectivity index (χ2v) is 5.50. The summed E-state index contributed by atoms with van der Waals surface area (Å²) in [6.45, 7) is 1.76. The number of aromatic nitrogens is 4. The van der Waals surface area contributed by atoms with Crippen molar-refractivity contribution in [3.63, 3.8) is 0 Å². The van der Waals surface area contributed by atoms with Crippen LogP contribution in [0.3, 0.4) is 0 Å². The lowest BCUT2D eigenvalue weighted by molar-refractivity contribution is 0.0933. The fourth-order valence-electron chi connectivity index (χ4n) is 1.72. The van der Waals surface area contributed by atoms with E-state index in [1.54, 1.807) is 36.6 Å². The second-order valence-electron chi connectivity index (χ2n) is 4.45. The van der Waals surface area contributed by atoms with Crippen molar-refractivity contribution in [3.05, 3.63) is 46.2 Å². The number of halogens is 1. The molecule has 0 saturated heterocycles. The number of nitrogens with zero attached hydrogens (tertiary/aromatic N) is 4. The Labute approximate surface area is 134 Å². The molecule has 1 N–H and O–H groups in total. The topological polar surface area (TPSA) is 93.8 Å². The Kier molecular flexibility index (Phi) is 4.12. The molecule has 1 unspecified atom stereocenters. The summed E-state index contributed by atoms with van der Waals surface area (Å²) < 4.78 is 8.85. The Morgan fingerprint density at radius 3 is 2.82 bits per heavy atom. The number of carbonyl (C=O) groups is 1. The molecule has 7 nitrogen and oxygen atoms in total. The Morgan fingerprint density at radius 2 is 2.14 bits per heavy atom. The van der Waals surface area contributed by atoms with E-state index in [2.05, 4.69) is 25.0 Å². The summed E-state index contributed by atoms with van der Waals surface area (Å²) in [6.07, 6.45) is 0. The highest BCUT2D eigenvalue weighted by Gasteiger charge is 2.18. The number of amides is 1. The van der Waals surface area contributed by atoms with Crippen LogP contribution in [0.15, 0.2) is 34.2 Å². The van der Waals surface area contributed by atoms with Crippen LogP contribution in [-0.4, -0.2) is 25.6 Å². The first kappa shape index (κ1) is 14.6. The van der Waals surface area contributed by atoms with E-state index >= 15 is 0 Å². The third-order valence-corrected chi connectivity index (χ3v) is 3.62. The molecule has 3 rings (SSSR count). The second kappa shape index (κ2) is 6.20. The van der Waals surface area contributed by atoms with Crippen molar-refractivity contribution >= 4 is 29.0 Å². The van der Waals surface area contributed by atoms with Gasteiger partial charge in [-0.2, -0.15) is 4.98 Å². The predicted octanol–water partition coefficient (Wildman–Crippen LogP) is 2.73. The highest BCUT2D eigenvalue weighted by atomic mass is 35.5. The molecule has 0 saturated carbocycles. The van der Waals surface area contributed by atoms with Gasteiger partial charge in [-0.25, -0.2) is 0 Å². The summed E-state index contributed by atoms with van der Waals surface area (Å²) in [5.41, 5.74) is 1.02. The van der Waals surface area contributed by atoms with Gasteiger partial charge in [-0.15, -0.1) is 5.10 Å². The third kappa shape index (κ3) is 3.12. The molecule has 0 fully saturated rings. The van der Waals surface area contributed by atoms with Gasteiger partial charge in [-0.05, 0) is 42.7 Å². The highest BCUT2D eigenvalue weighted by Crippen LogP contribution is 2.21. The first-order valence-electron chi connectivity index (χ1n) is 6.31. The van der Waals surface area contributed by atoms with Gasteiger partial charge in [-0.1, -0.05) is 21.2 Å². The van der Waals surface area contributed by atoms with E-state index in [0.29, 0.717) is 16.7 Å². The maximum absolute atomic E-state index is 11.9. The fourth-order valence-corrected chi connectivity index (χ4v) is 2.28. The molecular weight excluding hydrogens is 326 g/mol. The van der Waals surface area contributed by atoms with E-state index in [0.717, 1.165) is 17.1 Å². The summed E-state index contributed by atoms with van der Waals surface area (Å²) >= 11 is 6.95. The van der Waals surface area contributed by atoms with Gasteiger partial charge < -0.3 is 9.84 Å². The Bertz CT molecular complexity index is 772. The van der Waals surface area contributed by atoms with Crippen molar-refractivity contribution < 1.29 is 9.32 Å². The first-order valence-corrected chi connectivity index (χ1v) is 7.52. The van der Waals surface area contributed by atoms with Gasteiger partial charge in [0.05, 0.1) is 6.04 Å². The van der Waals surface area contributed by atoms with Crippen LogP contribution in [0.2, 0.25) is 5.02 Å². The van der Waals surface area contributed by atoms with Crippen molar-refractivity contribution in [2.75, 3.05) is 0 Å². The van der Waals surface area contributed by atoms with Gasteiger partial charge in [0.1, 0.15) is 0 Å². The average molecular weight is 336 g/mol. The molecule has 22 heavy (non-hydrogen) atoms. The lowest BCUT2D eigenvalue weighted by Crippen LogP contribution is -2.27. The minimum Gasteiger partial charge on any atom is -0.341 e. The summed E-state index contributed by atoms with van der Waals surface area (Å²) in [4.78, 5) is 16.2. The lowest BCUT2D eigenvalue weighted by Gasteiger charge is -2.07. The maximum Gasteiger partial charge on any atom is 0.273 e. The van der Waals surface area contributed by atoms with Crippen molar-refractivity contribution in [2.45, 2.75) is 13.0 Å². The molecule has 1 atom stereocenters. The molecule has 2 aromatic heterocycles. The molecule has 0 spiro atoms. The van der Waals surface area contributed by atoms with Crippen molar-refractivity contribution in [1.82, 2.24) is 25.0 Å². The van der Waals surface area contributed by atoms with Crippen LogP contribution in [0.25, 0.3) is 11.5 Å². The molecule has 0 aliphatic carbocycles. The smallest absolute Gasteiger partial charge is 0.273 e. The van der Waals surface area contributed by atoms with Crippen LogP contribution in [0, 0.1) is 0 Å². The van der Waals surface area contributed by atoms with Crippen LogP contribution in [0.5, 0.6) is 0 Å². The molecule has 0 bridgehead atoms. The SMILES string of the molecule is CC(NC(=O)c1csnn1)c1noc(-c2ccc(Cl)cc2)n1. The fraction of sp³-hybridized carbons (Fsp3) is 0.154. The van der Waals surface area contributed by atoms with Crippen molar-refractivity contribution in [2.24, 2.45) is 0 Å². The Morgan fingerprint density at radius 1 is 1.36 bits per heavy atom. The number of hydrogen-bond acceptors (Lipinski definition) is 7. The number of carbonyl (C=O) groups excluding carboxylic acids is 1. The Hall–Kier alpha value is -2.32. The summed E-state index contributed by atoms with van der Waals surface area (Å²) in [6, 6.07) is 6.62. The number of rotatable bonds is 4. The zero-order valence-electron chi connectivity index (χ0n) is 11.4. The van der Waals surface area contributed by atoms with Gasteiger partial charge in [-0.3, -0.25) is 4.79 Å². The van der Waals surface area contributed by atoms with Crippen LogP contribution >= 0.6 is 23.1 Å². The zero-order chi connectivity index (χ0) is 15.5. The third-order valence-electron chi connectivity index (χ3n) is 2.86. The van der Waals surface area contributed by atoms with Gasteiger partial charge in [0, 0.05) is 16.0 Å². The van der Waals surface area contributed by atoms with Gasteiger partial charge in [0.15, 0.2) is 11.5 Å². The summed E-state index contributed by atoms with van der Waals surface area (Å²) in [5.74, 6) is 0.406. The van der Waals surface area contributed by atoms with E-state index in [1.165, 1.54) is 0 Å². The van der Waals surface area contributed by atoms with Gasteiger partial charge in [0.25, 0.3) is 11.8 Å². The molecule has 1 amide bonds. The van der Waals surface area contributed by atoms with Gasteiger partial charge in [0.2, 0.25) is 0 Å². The minimum absolute atomic E-state index is 0.262. The molecule has 3 aromatic rings. The van der Waals surface area contributed by atoms with Crippen molar-refractivity contribution in [3.8, 4) is 11.5 Å². The van der Waals surface area contributed by atoms with Crippen LogP contribution in [0.1, 0.15) is 29.3 Å². The molecule has 1 aromatic carbocycles. The minimum atomic E-state index is -0.418. The monoisotopic (exact) mass is 335 g/mol. The molecular formula is C13H10ClN5O2S.